The third-order valence-electron chi connectivity index (χ3n) is 1.95. The van der Waals surface area contributed by atoms with Crippen LogP contribution in [0.4, 0.5) is 5.69 Å². The van der Waals surface area contributed by atoms with E-state index in [-0.39, 0.29) is 5.91 Å². The molecule has 1 amide bonds. The second kappa shape index (κ2) is 4.30. The van der Waals surface area contributed by atoms with Gasteiger partial charge in [-0.15, -0.1) is 0 Å². The highest BCUT2D eigenvalue weighted by Crippen LogP contribution is 2.06. The smallest absolute Gasteiger partial charge is 0.255 e. The molecule has 0 heterocycles. The third kappa shape index (κ3) is 2.35. The number of amides is 1. The Bertz CT molecular complexity index is 437. The van der Waals surface area contributed by atoms with Gasteiger partial charge in [0.15, 0.2) is 0 Å². The van der Waals surface area contributed by atoms with Crippen LogP contribution in [0.15, 0.2) is 48.5 Å². The van der Waals surface area contributed by atoms with Crippen LogP contribution in [0.2, 0.25) is 0 Å². The highest BCUT2D eigenvalue weighted by Gasteiger charge is 2.03. The van der Waals surface area contributed by atoms with Crippen LogP contribution in [-0.2, 0) is 0 Å². The first kappa shape index (κ1) is 9.29. The van der Waals surface area contributed by atoms with Crippen molar-refractivity contribution >= 4 is 11.6 Å². The van der Waals surface area contributed by atoms with E-state index in [2.05, 4.69) is 17.4 Å². The summed E-state index contributed by atoms with van der Waals surface area (Å²) in [6.07, 6.45) is 0. The summed E-state index contributed by atoms with van der Waals surface area (Å²) >= 11 is 0. The predicted molar refractivity (Wildman–Crippen MR) is 58.5 cm³/mol. The number of nitrogens with one attached hydrogen (secondary N) is 1. The lowest BCUT2D eigenvalue weighted by molar-refractivity contribution is 0.102. The van der Waals surface area contributed by atoms with Crippen LogP contribution >= 0.6 is 0 Å². The number of carbonyl (C=O) groups excluding carboxylic acids is 1. The second-order valence-corrected chi connectivity index (χ2v) is 3.04. The van der Waals surface area contributed by atoms with Crippen molar-refractivity contribution in [3.63, 3.8) is 0 Å². The van der Waals surface area contributed by atoms with E-state index in [0.29, 0.717) is 5.56 Å². The van der Waals surface area contributed by atoms with Crippen molar-refractivity contribution < 1.29 is 4.79 Å². The molecule has 15 heavy (non-hydrogen) atoms. The van der Waals surface area contributed by atoms with E-state index in [0.717, 1.165) is 5.69 Å². The highest BCUT2D eigenvalue weighted by atomic mass is 16.1. The van der Waals surface area contributed by atoms with Crippen molar-refractivity contribution in [1.82, 2.24) is 0 Å². The van der Waals surface area contributed by atoms with Gasteiger partial charge in [0.05, 0.1) is 5.69 Å². The molecular weight excluding hydrogens is 186 g/mol. The Morgan fingerprint density at radius 3 is 2.53 bits per heavy atom. The van der Waals surface area contributed by atoms with E-state index in [1.54, 1.807) is 30.3 Å². The topological polar surface area (TPSA) is 29.1 Å². The maximum Gasteiger partial charge on any atom is 0.255 e. The zero-order valence-corrected chi connectivity index (χ0v) is 8.03. The Morgan fingerprint density at radius 2 is 1.87 bits per heavy atom. The van der Waals surface area contributed by atoms with Gasteiger partial charge in [0.2, 0.25) is 0 Å². The summed E-state index contributed by atoms with van der Waals surface area (Å²) in [5.74, 6) is -0.116. The molecule has 0 spiro atoms. The first-order chi connectivity index (χ1) is 7.36. The molecule has 2 heteroatoms. The van der Waals surface area contributed by atoms with Crippen molar-refractivity contribution in [2.75, 3.05) is 5.32 Å². The van der Waals surface area contributed by atoms with E-state index in [9.17, 15) is 4.79 Å². The fraction of sp³-hybridized carbons (Fsp3) is 0. The van der Waals surface area contributed by atoms with Gasteiger partial charge in [0.25, 0.3) is 5.91 Å². The quantitative estimate of drug-likeness (QED) is 0.783. The van der Waals surface area contributed by atoms with E-state index in [4.69, 9.17) is 0 Å². The van der Waals surface area contributed by atoms with Gasteiger partial charge in [-0.25, -0.2) is 0 Å². The van der Waals surface area contributed by atoms with Crippen molar-refractivity contribution in [3.05, 3.63) is 66.2 Å². The van der Waals surface area contributed by atoms with Gasteiger partial charge in [-0.3, -0.25) is 4.79 Å². The lowest BCUT2D eigenvalue weighted by atomic mass is 10.2. The highest BCUT2D eigenvalue weighted by molar-refractivity contribution is 6.04. The number of benzene rings is 1. The van der Waals surface area contributed by atoms with Gasteiger partial charge >= 0.3 is 0 Å². The zero-order chi connectivity index (χ0) is 10.5. The van der Waals surface area contributed by atoms with Gasteiger partial charge in [-0.05, 0) is 24.3 Å². The monoisotopic (exact) mass is 195 g/mol. The van der Waals surface area contributed by atoms with Crippen LogP contribution in [0.5, 0.6) is 0 Å². The molecule has 0 aliphatic carbocycles. The first-order valence-corrected chi connectivity index (χ1v) is 4.60. The van der Waals surface area contributed by atoms with Crippen LogP contribution in [0.1, 0.15) is 10.4 Å². The molecule has 0 aliphatic rings. The average Bonchev–Trinajstić information content (AvgIpc) is 2.31. The molecular formula is C13H9NO. The zero-order valence-electron chi connectivity index (χ0n) is 8.03. The van der Waals surface area contributed by atoms with Gasteiger partial charge in [0.1, 0.15) is 0 Å². The molecule has 72 valence electrons. The number of anilines is 1. The van der Waals surface area contributed by atoms with Crippen molar-refractivity contribution in [2.45, 2.75) is 0 Å². The summed E-state index contributed by atoms with van der Waals surface area (Å²) in [6, 6.07) is 19.8. The van der Waals surface area contributed by atoms with Gasteiger partial charge < -0.3 is 5.32 Å². The molecule has 0 saturated heterocycles. The Morgan fingerprint density at radius 1 is 1.07 bits per heavy atom. The molecule has 2 aromatic rings. The molecule has 1 N–H and O–H groups in total. The fourth-order valence-corrected chi connectivity index (χ4v) is 1.22. The minimum atomic E-state index is -0.116. The molecule has 0 saturated carbocycles. The van der Waals surface area contributed by atoms with E-state index in [1.165, 1.54) is 0 Å². The number of hydrogen-bond acceptors (Lipinski definition) is 1. The normalized spacial score (nSPS) is 9.07. The Kier molecular flexibility index (Phi) is 2.66. The predicted octanol–water partition coefficient (Wildman–Crippen LogP) is 2.54. The summed E-state index contributed by atoms with van der Waals surface area (Å²) in [5.41, 5.74) is 1.37. The molecule has 0 radical (unpaired) electrons. The molecule has 0 fully saturated rings. The van der Waals surface area contributed by atoms with E-state index < -0.39 is 0 Å². The largest absolute Gasteiger partial charge is 0.321 e. The molecule has 2 nitrogen and oxygen atoms in total. The van der Waals surface area contributed by atoms with Crippen molar-refractivity contribution in [3.8, 4) is 0 Å². The number of carbonyl (C=O) groups is 1. The molecule has 0 atom stereocenters. The minimum absolute atomic E-state index is 0.116. The van der Waals surface area contributed by atoms with Gasteiger partial charge in [0, 0.05) is 11.6 Å². The summed E-state index contributed by atoms with van der Waals surface area (Å²) in [4.78, 5) is 11.7. The van der Waals surface area contributed by atoms with Crippen molar-refractivity contribution in [2.24, 2.45) is 0 Å². The number of rotatable bonds is 2. The second-order valence-electron chi connectivity index (χ2n) is 3.04. The molecule has 2 aromatic carbocycles. The van der Waals surface area contributed by atoms with Gasteiger partial charge in [-0.1, -0.05) is 30.3 Å². The Hall–Kier alpha value is -2.27. The molecule has 0 aromatic heterocycles. The Labute approximate surface area is 88.6 Å². The number of hydrogen-bond donors (Lipinski definition) is 1. The van der Waals surface area contributed by atoms with E-state index >= 15 is 0 Å². The van der Waals surface area contributed by atoms with Crippen molar-refractivity contribution in [1.29, 1.82) is 0 Å². The third-order valence-corrected chi connectivity index (χ3v) is 1.95. The van der Waals surface area contributed by atoms with E-state index in [1.807, 2.05) is 18.2 Å². The molecule has 0 bridgehead atoms. The van der Waals surface area contributed by atoms with Crippen LogP contribution in [0, 0.1) is 12.1 Å². The van der Waals surface area contributed by atoms with Crippen LogP contribution < -0.4 is 5.32 Å². The summed E-state index contributed by atoms with van der Waals surface area (Å²) in [5, 5.41) is 2.77. The van der Waals surface area contributed by atoms with Crippen LogP contribution in [0.25, 0.3) is 0 Å². The van der Waals surface area contributed by atoms with Crippen LogP contribution in [0.3, 0.4) is 0 Å². The standard InChI is InChI=1S/C13H9NO/c15-13(11-7-3-1-4-8-11)14-12-9-5-2-6-10-12/h1,3-5,7-10H,(H,14,15). The molecule has 0 unspecified atom stereocenters. The maximum atomic E-state index is 11.7. The summed E-state index contributed by atoms with van der Waals surface area (Å²) < 4.78 is 0. The van der Waals surface area contributed by atoms with Gasteiger partial charge in [-0.2, -0.15) is 0 Å². The average molecular weight is 195 g/mol. The fourth-order valence-electron chi connectivity index (χ4n) is 1.22. The summed E-state index contributed by atoms with van der Waals surface area (Å²) in [7, 11) is 0. The molecule has 2 rings (SSSR count). The van der Waals surface area contributed by atoms with Crippen LogP contribution in [-0.4, -0.2) is 5.91 Å². The lowest BCUT2D eigenvalue weighted by Crippen LogP contribution is -2.11. The molecule has 0 aliphatic heterocycles. The lowest BCUT2D eigenvalue weighted by Gasteiger charge is -2.02. The first-order valence-electron chi connectivity index (χ1n) is 4.60. The maximum absolute atomic E-state index is 11.7. The minimum Gasteiger partial charge on any atom is -0.321 e. The summed E-state index contributed by atoms with van der Waals surface area (Å²) in [6.45, 7) is 0. The Balaban J connectivity index is 2.12. The SMILES string of the molecule is O=C(Nc1cc#ccc1)c1ccccc1.